The van der Waals surface area contributed by atoms with Crippen LogP contribution in [0.4, 0.5) is 0 Å². The first-order chi connectivity index (χ1) is 8.76. The van der Waals surface area contributed by atoms with Crippen molar-refractivity contribution in [1.29, 1.82) is 0 Å². The monoisotopic (exact) mass is 273 g/mol. The Hall–Kier alpha value is -1.13. The lowest BCUT2D eigenvalue weighted by atomic mass is 10.1. The maximum absolute atomic E-state index is 5.60. The van der Waals surface area contributed by atoms with Gasteiger partial charge in [-0.3, -0.25) is 0 Å². The van der Waals surface area contributed by atoms with E-state index in [9.17, 15) is 0 Å². The van der Waals surface area contributed by atoms with Crippen molar-refractivity contribution in [2.24, 2.45) is 0 Å². The number of ether oxygens (including phenoxy) is 3. The number of nitrogens with one attached hydrogen (secondary N) is 1. The van der Waals surface area contributed by atoms with Gasteiger partial charge in [0.25, 0.3) is 0 Å². The molecule has 18 heavy (non-hydrogen) atoms. The van der Waals surface area contributed by atoms with Gasteiger partial charge < -0.3 is 19.5 Å². The van der Waals surface area contributed by atoms with E-state index in [1.807, 2.05) is 12.1 Å². The molecule has 0 unspecified atom stereocenters. The van der Waals surface area contributed by atoms with Crippen molar-refractivity contribution in [3.63, 3.8) is 0 Å². The topological polar surface area (TPSA) is 39.7 Å². The van der Waals surface area contributed by atoms with Gasteiger partial charge in [-0.1, -0.05) is 0 Å². The molecule has 0 aliphatic carbocycles. The van der Waals surface area contributed by atoms with E-state index in [4.69, 9.17) is 25.8 Å². The zero-order valence-corrected chi connectivity index (χ0v) is 11.8. The summed E-state index contributed by atoms with van der Waals surface area (Å²) in [6.45, 7) is 1.68. The van der Waals surface area contributed by atoms with E-state index in [1.165, 1.54) is 0 Å². The third-order valence-corrected chi connectivity index (χ3v) is 2.78. The highest BCUT2D eigenvalue weighted by atomic mass is 35.5. The molecule has 0 spiro atoms. The van der Waals surface area contributed by atoms with E-state index in [0.29, 0.717) is 23.1 Å². The van der Waals surface area contributed by atoms with Crippen LogP contribution in [0.25, 0.3) is 0 Å². The normalized spacial score (nSPS) is 10.2. The second kappa shape index (κ2) is 8.06. The molecule has 0 radical (unpaired) electrons. The molecule has 4 nitrogen and oxygen atoms in total. The van der Waals surface area contributed by atoms with Crippen LogP contribution in [0.3, 0.4) is 0 Å². The predicted molar refractivity (Wildman–Crippen MR) is 73.4 cm³/mol. The summed E-state index contributed by atoms with van der Waals surface area (Å²) in [7, 11) is 4.84. The van der Waals surface area contributed by atoms with Crippen molar-refractivity contribution < 1.29 is 14.2 Å². The van der Waals surface area contributed by atoms with Gasteiger partial charge in [-0.05, 0) is 30.7 Å². The number of alkyl halides is 1. The SMILES string of the molecule is COc1cc(CCNCCCl)cc(OC)c1OC. The first-order valence-electron chi connectivity index (χ1n) is 5.82. The molecule has 5 heteroatoms. The zero-order chi connectivity index (χ0) is 13.4. The van der Waals surface area contributed by atoms with Crippen LogP contribution >= 0.6 is 11.6 Å². The van der Waals surface area contributed by atoms with Crippen molar-refractivity contribution >= 4 is 11.6 Å². The summed E-state index contributed by atoms with van der Waals surface area (Å²) >= 11 is 5.60. The fourth-order valence-electron chi connectivity index (χ4n) is 1.70. The van der Waals surface area contributed by atoms with Crippen LogP contribution in [-0.4, -0.2) is 40.3 Å². The molecule has 1 aromatic rings. The Kier molecular flexibility index (Phi) is 6.68. The molecule has 1 rings (SSSR count). The molecule has 0 aromatic heterocycles. The summed E-state index contributed by atoms with van der Waals surface area (Å²) in [5.74, 6) is 2.61. The molecule has 0 atom stereocenters. The second-order valence-corrected chi connectivity index (χ2v) is 4.10. The Morgan fingerprint density at radius 3 is 2.06 bits per heavy atom. The van der Waals surface area contributed by atoms with Gasteiger partial charge in [-0.25, -0.2) is 0 Å². The summed E-state index contributed by atoms with van der Waals surface area (Å²) in [5, 5.41) is 3.24. The summed E-state index contributed by atoms with van der Waals surface area (Å²) in [6.07, 6.45) is 0.883. The molecule has 0 bridgehead atoms. The Morgan fingerprint density at radius 2 is 1.61 bits per heavy atom. The summed E-state index contributed by atoms with van der Waals surface area (Å²) < 4.78 is 15.9. The lowest BCUT2D eigenvalue weighted by Gasteiger charge is -2.14. The lowest BCUT2D eigenvalue weighted by molar-refractivity contribution is 0.324. The Bertz CT molecular complexity index is 346. The summed E-state index contributed by atoms with van der Waals surface area (Å²) in [4.78, 5) is 0. The van der Waals surface area contributed by atoms with Crippen molar-refractivity contribution in [2.45, 2.75) is 6.42 Å². The average molecular weight is 274 g/mol. The van der Waals surface area contributed by atoms with E-state index in [1.54, 1.807) is 21.3 Å². The van der Waals surface area contributed by atoms with Gasteiger partial charge in [0.05, 0.1) is 21.3 Å². The molecule has 0 aliphatic rings. The second-order valence-electron chi connectivity index (χ2n) is 3.72. The first kappa shape index (κ1) is 14.9. The number of methoxy groups -OCH3 is 3. The van der Waals surface area contributed by atoms with Gasteiger partial charge in [0.2, 0.25) is 5.75 Å². The maximum atomic E-state index is 5.60. The summed E-state index contributed by atoms with van der Waals surface area (Å²) in [5.41, 5.74) is 1.13. The van der Waals surface area contributed by atoms with Crippen molar-refractivity contribution in [2.75, 3.05) is 40.3 Å². The molecule has 102 valence electrons. The number of hydrogen-bond acceptors (Lipinski definition) is 4. The first-order valence-corrected chi connectivity index (χ1v) is 6.35. The Morgan fingerprint density at radius 1 is 1.00 bits per heavy atom. The van der Waals surface area contributed by atoms with Gasteiger partial charge in [-0.15, -0.1) is 11.6 Å². The zero-order valence-electron chi connectivity index (χ0n) is 11.1. The molecule has 0 heterocycles. The predicted octanol–water partition coefficient (Wildman–Crippen LogP) is 2.08. The third kappa shape index (κ3) is 3.96. The van der Waals surface area contributed by atoms with Crippen LogP contribution in [0.2, 0.25) is 0 Å². The van der Waals surface area contributed by atoms with Gasteiger partial charge in [-0.2, -0.15) is 0 Å². The highest BCUT2D eigenvalue weighted by Crippen LogP contribution is 2.38. The quantitative estimate of drug-likeness (QED) is 0.582. The number of benzene rings is 1. The van der Waals surface area contributed by atoms with Gasteiger partial charge in [0.15, 0.2) is 11.5 Å². The van der Waals surface area contributed by atoms with Crippen molar-refractivity contribution in [3.8, 4) is 17.2 Å². The molecular formula is C13H20ClNO3. The van der Waals surface area contributed by atoms with E-state index in [0.717, 1.165) is 25.1 Å². The summed E-state index contributed by atoms with van der Waals surface area (Å²) in [6, 6.07) is 3.92. The Labute approximate surface area is 113 Å². The van der Waals surface area contributed by atoms with Crippen LogP contribution in [0.5, 0.6) is 17.2 Å². The standard InChI is InChI=1S/C13H20ClNO3/c1-16-11-8-10(4-6-15-7-5-14)9-12(17-2)13(11)18-3/h8-9,15H,4-7H2,1-3H3. The van der Waals surface area contributed by atoms with Crippen LogP contribution in [0.1, 0.15) is 5.56 Å². The minimum Gasteiger partial charge on any atom is -0.493 e. The van der Waals surface area contributed by atoms with Crippen LogP contribution in [0, 0.1) is 0 Å². The van der Waals surface area contributed by atoms with Crippen LogP contribution in [0.15, 0.2) is 12.1 Å². The fraction of sp³-hybridized carbons (Fsp3) is 0.538. The van der Waals surface area contributed by atoms with Gasteiger partial charge in [0, 0.05) is 12.4 Å². The highest BCUT2D eigenvalue weighted by Gasteiger charge is 2.12. The third-order valence-electron chi connectivity index (χ3n) is 2.59. The largest absolute Gasteiger partial charge is 0.493 e. The number of halogens is 1. The van der Waals surface area contributed by atoms with Crippen molar-refractivity contribution in [3.05, 3.63) is 17.7 Å². The lowest BCUT2D eigenvalue weighted by Crippen LogP contribution is -2.19. The molecule has 0 saturated heterocycles. The van der Waals surface area contributed by atoms with Crippen molar-refractivity contribution in [1.82, 2.24) is 5.32 Å². The molecule has 1 aromatic carbocycles. The minimum atomic E-state index is 0.620. The van der Waals surface area contributed by atoms with E-state index < -0.39 is 0 Å². The smallest absolute Gasteiger partial charge is 0.203 e. The van der Waals surface area contributed by atoms with E-state index >= 15 is 0 Å². The fourth-order valence-corrected chi connectivity index (χ4v) is 1.84. The average Bonchev–Trinajstić information content (AvgIpc) is 2.42. The molecule has 1 N–H and O–H groups in total. The molecular weight excluding hydrogens is 254 g/mol. The van der Waals surface area contributed by atoms with Crippen LogP contribution < -0.4 is 19.5 Å². The number of rotatable bonds is 8. The van der Waals surface area contributed by atoms with Gasteiger partial charge >= 0.3 is 0 Å². The molecule has 0 fully saturated rings. The maximum Gasteiger partial charge on any atom is 0.203 e. The minimum absolute atomic E-state index is 0.620. The van der Waals surface area contributed by atoms with Crippen LogP contribution in [-0.2, 0) is 6.42 Å². The highest BCUT2D eigenvalue weighted by molar-refractivity contribution is 6.18. The molecule has 0 saturated carbocycles. The van der Waals surface area contributed by atoms with Gasteiger partial charge in [0.1, 0.15) is 0 Å². The van der Waals surface area contributed by atoms with E-state index in [-0.39, 0.29) is 0 Å². The Balaban J connectivity index is 2.80. The molecule has 0 amide bonds. The van der Waals surface area contributed by atoms with E-state index in [2.05, 4.69) is 5.32 Å². The number of hydrogen-bond donors (Lipinski definition) is 1. The molecule has 0 aliphatic heterocycles.